The number of ether oxygens (including phenoxy) is 3. The molecule has 226 valence electrons. The fourth-order valence-electron chi connectivity index (χ4n) is 3.74. The Bertz CT molecular complexity index is 894. The van der Waals surface area contributed by atoms with E-state index in [0.29, 0.717) is 33.1 Å². The number of esters is 3. The highest BCUT2D eigenvalue weighted by Crippen LogP contribution is 2.56. The molecule has 0 aromatic heterocycles. The molecular formula is C22H27F9O6S2. The SMILES string of the molecule is CC(F)(F)CC(=O)OCC1(COC(=O)CC(F)(F)C(F)(F)F)CSC2(CCCCC2OC(=O)C(C)(F)F)SC1. The molecule has 0 N–H and O–H groups in total. The van der Waals surface area contributed by atoms with Gasteiger partial charge in [-0.2, -0.15) is 30.7 Å². The van der Waals surface area contributed by atoms with Gasteiger partial charge in [0.05, 0.1) is 9.49 Å². The minimum atomic E-state index is -6.00. The monoisotopic (exact) mass is 622 g/mol. The van der Waals surface area contributed by atoms with E-state index >= 15 is 0 Å². The Hall–Kier alpha value is -1.52. The summed E-state index contributed by atoms with van der Waals surface area (Å²) >= 11 is 2.14. The van der Waals surface area contributed by atoms with Crippen LogP contribution in [0.1, 0.15) is 52.4 Å². The van der Waals surface area contributed by atoms with Crippen molar-refractivity contribution in [3.8, 4) is 0 Å². The van der Waals surface area contributed by atoms with Crippen molar-refractivity contribution in [3.05, 3.63) is 0 Å². The van der Waals surface area contributed by atoms with Gasteiger partial charge in [-0.25, -0.2) is 13.6 Å². The number of alkyl halides is 9. The van der Waals surface area contributed by atoms with Crippen molar-refractivity contribution < 1.29 is 68.1 Å². The number of hydrogen-bond donors (Lipinski definition) is 0. The average molecular weight is 623 g/mol. The summed E-state index contributed by atoms with van der Waals surface area (Å²) in [7, 11) is 0. The van der Waals surface area contributed by atoms with Gasteiger partial charge in [-0.3, -0.25) is 9.59 Å². The van der Waals surface area contributed by atoms with Gasteiger partial charge >= 0.3 is 35.9 Å². The fraction of sp³-hybridized carbons (Fsp3) is 0.864. The number of carbonyl (C=O) groups is 3. The van der Waals surface area contributed by atoms with Gasteiger partial charge in [0, 0.05) is 18.4 Å². The van der Waals surface area contributed by atoms with E-state index in [0.717, 1.165) is 23.5 Å². The molecule has 1 spiro atoms. The Kier molecular flexibility index (Phi) is 10.5. The highest BCUT2D eigenvalue weighted by atomic mass is 32.2. The molecular weight excluding hydrogens is 595 g/mol. The van der Waals surface area contributed by atoms with Gasteiger partial charge in [0.25, 0.3) is 5.92 Å². The van der Waals surface area contributed by atoms with Crippen LogP contribution in [-0.2, 0) is 28.6 Å². The summed E-state index contributed by atoms with van der Waals surface area (Å²) < 4.78 is 131. The first-order chi connectivity index (χ1) is 17.6. The number of rotatable bonds is 10. The first-order valence-electron chi connectivity index (χ1n) is 11.6. The minimum Gasteiger partial charge on any atom is -0.465 e. The third kappa shape index (κ3) is 9.52. The zero-order valence-electron chi connectivity index (χ0n) is 20.8. The molecule has 6 nitrogen and oxygen atoms in total. The molecule has 0 aromatic carbocycles. The van der Waals surface area contributed by atoms with E-state index in [9.17, 15) is 53.9 Å². The molecule has 17 heteroatoms. The molecule has 2 rings (SSSR count). The van der Waals surface area contributed by atoms with Crippen LogP contribution in [0.4, 0.5) is 39.5 Å². The molecule has 1 saturated carbocycles. The van der Waals surface area contributed by atoms with Gasteiger partial charge in [0.15, 0.2) is 0 Å². The molecule has 1 unspecified atom stereocenters. The second-order valence-corrected chi connectivity index (χ2v) is 12.7. The van der Waals surface area contributed by atoms with Crippen molar-refractivity contribution in [2.24, 2.45) is 5.41 Å². The first-order valence-corrected chi connectivity index (χ1v) is 13.6. The number of carbonyl (C=O) groups excluding carboxylic acids is 3. The van der Waals surface area contributed by atoms with Crippen molar-refractivity contribution in [2.45, 2.75) is 86.5 Å². The van der Waals surface area contributed by atoms with E-state index < -0.39 is 83.5 Å². The third-order valence-corrected chi connectivity index (χ3v) is 10.0. The van der Waals surface area contributed by atoms with E-state index in [4.69, 9.17) is 14.2 Å². The maximum Gasteiger partial charge on any atom is 0.453 e. The Morgan fingerprint density at radius 3 is 1.79 bits per heavy atom. The van der Waals surface area contributed by atoms with Gasteiger partial charge in [-0.1, -0.05) is 6.42 Å². The number of hydrogen-bond acceptors (Lipinski definition) is 8. The highest BCUT2D eigenvalue weighted by Gasteiger charge is 2.59. The maximum atomic E-state index is 13.4. The van der Waals surface area contributed by atoms with Crippen molar-refractivity contribution in [1.82, 2.24) is 0 Å². The van der Waals surface area contributed by atoms with Gasteiger partial charge in [-0.05, 0) is 26.2 Å². The van der Waals surface area contributed by atoms with E-state index in [1.54, 1.807) is 0 Å². The smallest absolute Gasteiger partial charge is 0.453 e. The summed E-state index contributed by atoms with van der Waals surface area (Å²) in [5.74, 6) is -17.7. The molecule has 39 heavy (non-hydrogen) atoms. The van der Waals surface area contributed by atoms with Gasteiger partial charge in [0.2, 0.25) is 0 Å². The summed E-state index contributed by atoms with van der Waals surface area (Å²) in [5, 5.41) is 0. The topological polar surface area (TPSA) is 78.9 Å². The lowest BCUT2D eigenvalue weighted by Crippen LogP contribution is -2.52. The van der Waals surface area contributed by atoms with Crippen LogP contribution in [0.5, 0.6) is 0 Å². The second-order valence-electron chi connectivity index (χ2n) is 9.86. The van der Waals surface area contributed by atoms with E-state index in [-0.39, 0.29) is 17.9 Å². The van der Waals surface area contributed by atoms with Crippen LogP contribution in [0.3, 0.4) is 0 Å². The van der Waals surface area contributed by atoms with Gasteiger partial charge in [-0.15, -0.1) is 23.5 Å². The number of thioether (sulfide) groups is 2. The van der Waals surface area contributed by atoms with Crippen LogP contribution >= 0.6 is 23.5 Å². The predicted octanol–water partition coefficient (Wildman–Crippen LogP) is 6.01. The van der Waals surface area contributed by atoms with E-state index in [1.165, 1.54) is 0 Å². The summed E-state index contributed by atoms with van der Waals surface area (Å²) in [5.41, 5.74) is -1.41. The summed E-state index contributed by atoms with van der Waals surface area (Å²) in [4.78, 5) is 35.5. The Morgan fingerprint density at radius 1 is 0.821 bits per heavy atom. The molecule has 0 radical (unpaired) electrons. The molecule has 0 bridgehead atoms. The van der Waals surface area contributed by atoms with Crippen molar-refractivity contribution in [3.63, 3.8) is 0 Å². The largest absolute Gasteiger partial charge is 0.465 e. The first kappa shape index (κ1) is 33.7. The highest BCUT2D eigenvalue weighted by molar-refractivity contribution is 8.19. The predicted molar refractivity (Wildman–Crippen MR) is 122 cm³/mol. The van der Waals surface area contributed by atoms with Crippen LogP contribution in [0.15, 0.2) is 0 Å². The van der Waals surface area contributed by atoms with Crippen LogP contribution in [0.25, 0.3) is 0 Å². The quantitative estimate of drug-likeness (QED) is 0.167. The molecule has 1 heterocycles. The standard InChI is InChI=1S/C22H27F9O6S2/c1-17(23,24)7-14(32)35-9-19(10-36-15(33)8-21(27,28)22(29,30)31)11-38-20(39-12-19)6-4-3-5-13(20)37-16(34)18(2,25)26/h13H,3-12H2,1-2H3. The molecule has 2 aliphatic rings. The van der Waals surface area contributed by atoms with E-state index in [1.807, 2.05) is 0 Å². The zero-order valence-corrected chi connectivity index (χ0v) is 22.4. The van der Waals surface area contributed by atoms with Crippen LogP contribution < -0.4 is 0 Å². The van der Waals surface area contributed by atoms with Crippen molar-refractivity contribution >= 4 is 41.4 Å². The minimum absolute atomic E-state index is 0.116. The van der Waals surface area contributed by atoms with Crippen LogP contribution in [0, 0.1) is 5.41 Å². The van der Waals surface area contributed by atoms with E-state index in [2.05, 4.69) is 0 Å². The third-order valence-electron chi connectivity index (χ3n) is 5.90. The molecule has 0 aromatic rings. The fourth-order valence-corrected chi connectivity index (χ4v) is 7.48. The van der Waals surface area contributed by atoms with Crippen LogP contribution in [0.2, 0.25) is 0 Å². The number of halogens is 9. The average Bonchev–Trinajstić information content (AvgIpc) is 2.77. The van der Waals surface area contributed by atoms with Crippen molar-refractivity contribution in [1.29, 1.82) is 0 Å². The summed E-state index contributed by atoms with van der Waals surface area (Å²) in [6.45, 7) is -0.615. The van der Waals surface area contributed by atoms with Gasteiger partial charge < -0.3 is 14.2 Å². The zero-order chi connectivity index (χ0) is 29.9. The summed E-state index contributed by atoms with van der Waals surface area (Å²) in [6, 6.07) is 0. The Balaban J connectivity index is 2.17. The molecule has 1 atom stereocenters. The Labute approximate surface area is 226 Å². The van der Waals surface area contributed by atoms with Crippen LogP contribution in [-0.4, -0.2) is 76.8 Å². The lowest BCUT2D eigenvalue weighted by Gasteiger charge is -2.49. The molecule has 2 fully saturated rings. The molecule has 1 saturated heterocycles. The Morgan fingerprint density at radius 2 is 1.33 bits per heavy atom. The second kappa shape index (κ2) is 12.1. The molecule has 1 aliphatic heterocycles. The molecule has 0 amide bonds. The maximum absolute atomic E-state index is 13.4. The normalized spacial score (nSPS) is 26.7. The van der Waals surface area contributed by atoms with Gasteiger partial charge in [0.1, 0.15) is 32.2 Å². The molecule has 1 aliphatic carbocycles. The summed E-state index contributed by atoms with van der Waals surface area (Å²) in [6.07, 6.45) is -8.73. The lowest BCUT2D eigenvalue weighted by atomic mass is 9.94. The van der Waals surface area contributed by atoms with Crippen molar-refractivity contribution in [2.75, 3.05) is 24.7 Å². The lowest BCUT2D eigenvalue weighted by molar-refractivity contribution is -0.284.